The topological polar surface area (TPSA) is 387 Å². The maximum absolute atomic E-state index is 12.4. The van der Waals surface area contributed by atoms with Crippen LogP contribution in [0.15, 0.2) is 282 Å². The Morgan fingerprint density at radius 2 is 0.590 bits per heavy atom. The summed E-state index contributed by atoms with van der Waals surface area (Å²) in [5, 5.41) is 43.9. The molecule has 0 amide bonds. The van der Waals surface area contributed by atoms with E-state index in [2.05, 4.69) is 92.0 Å². The molecule has 10 heterocycles. The first-order chi connectivity index (χ1) is 69.8. The standard InChI is InChI=1S/C21H17ClN4O3S.C21H17ClN4O2S2.C21H17ClN4O2S.C20H15ClN4O2S.C19H13ClN4O3/c1-13-6-5-7-14(10-13)19-23-20(29-25-19)18-11-16(21(27)28-12-30-2)24-26(18)17-9-4-3-8-15(17)22;1-13-6-5-7-14(10-13)20-23-19(25-30-20)18-11-16(21(27)28-12-29-2)24-26(18)17-9-4-3-8-15(17)22;1-3-28-21(27)16-12-18(26(24-16)17-10-5-4-9-15(17)22)19-23-20(29-25-19)14-8-6-7-13(2)11-14;1-12-6-5-7-13(10-12)19-22-18(24-28-19)17-11-15(20(26)27-2)23-25(17)16-9-4-3-8-14(16)21;1-11-5-4-6-12(9-11)17-21-18(27-23-17)16-10-14(19(25)26)22-24(16)15-8-3-2-7-13(15)20/h2*3-11H,12H2,1-2H3;4-12H,3H2,1-2H3;3-11H,1-2H3;2-10H,1H3,(H,25,26). The number of hydrogen-bond acceptors (Lipinski definition) is 31. The fourth-order valence-corrected chi connectivity index (χ4v) is 17.6. The van der Waals surface area contributed by atoms with Crippen LogP contribution in [-0.2, 0) is 18.9 Å². The van der Waals surface area contributed by atoms with Gasteiger partial charge in [0, 0.05) is 58.1 Å². The van der Waals surface area contributed by atoms with E-state index >= 15 is 0 Å². The number of carboxylic acids is 1. The number of aromatic nitrogens is 20. The molecule has 0 fully saturated rings. The van der Waals surface area contributed by atoms with Gasteiger partial charge in [0.1, 0.15) is 55.4 Å². The van der Waals surface area contributed by atoms with E-state index in [-0.39, 0.29) is 58.7 Å². The van der Waals surface area contributed by atoms with E-state index in [1.807, 2.05) is 217 Å². The lowest BCUT2D eigenvalue weighted by Gasteiger charge is -2.06. The third-order valence-corrected chi connectivity index (χ3v) is 25.3. The first-order valence-corrected chi connectivity index (χ1v) is 50.4. The van der Waals surface area contributed by atoms with E-state index in [9.17, 15) is 29.1 Å². The number of thioether (sulfide) groups is 2. The highest BCUT2D eigenvalue weighted by atomic mass is 35.5. The molecule has 0 saturated carbocycles. The van der Waals surface area contributed by atoms with Crippen molar-refractivity contribution in [3.8, 4) is 141 Å². The van der Waals surface area contributed by atoms with Crippen LogP contribution >= 0.6 is 116 Å². The van der Waals surface area contributed by atoms with Crippen LogP contribution in [0.3, 0.4) is 0 Å². The minimum atomic E-state index is -1.17. The van der Waals surface area contributed by atoms with Crippen LogP contribution in [0, 0.1) is 34.6 Å². The fourth-order valence-electron chi connectivity index (χ4n) is 14.0. The van der Waals surface area contributed by atoms with Gasteiger partial charge in [-0.05, 0) is 180 Å². The Balaban J connectivity index is 0.000000129. The van der Waals surface area contributed by atoms with Crippen LogP contribution < -0.4 is 0 Å². The number of esters is 4. The van der Waals surface area contributed by atoms with Crippen LogP contribution in [0.4, 0.5) is 0 Å². The monoisotopic (exact) mass is 2110 g/mol. The van der Waals surface area contributed by atoms with Crippen molar-refractivity contribution in [1.29, 1.82) is 0 Å². The van der Waals surface area contributed by atoms with Crippen LogP contribution in [0.25, 0.3) is 141 Å². The molecule has 20 aromatic rings. The molecule has 10 aromatic heterocycles. The number of halogens is 5. The number of methoxy groups -OCH3 is 1. The highest BCUT2D eigenvalue weighted by Gasteiger charge is 2.30. The predicted molar refractivity (Wildman–Crippen MR) is 559 cm³/mol. The summed E-state index contributed by atoms with van der Waals surface area (Å²) in [6.07, 6.45) is 3.69. The average molecular weight is 2110 g/mol. The molecular weight excluding hydrogens is 2030 g/mol. The van der Waals surface area contributed by atoms with Gasteiger partial charge in [-0.15, -0.1) is 23.5 Å². The van der Waals surface area contributed by atoms with Crippen LogP contribution in [0.5, 0.6) is 0 Å². The predicted octanol–water partition coefficient (Wildman–Crippen LogP) is 24.8. The molecule has 20 rings (SSSR count). The van der Waals surface area contributed by atoms with Gasteiger partial charge >= 0.3 is 29.8 Å². The summed E-state index contributed by atoms with van der Waals surface area (Å²) in [5.74, 6) is -0.203. The fraction of sp³-hybridized carbons (Fsp3) is 0.118. The van der Waals surface area contributed by atoms with E-state index in [0.717, 1.165) is 70.7 Å². The summed E-state index contributed by atoms with van der Waals surface area (Å²) >= 11 is 38.4. The number of nitrogens with zero attached hydrogens (tertiary/aromatic N) is 20. The van der Waals surface area contributed by atoms with Crippen molar-refractivity contribution in [2.75, 3.05) is 38.1 Å². The normalized spacial score (nSPS) is 10.9. The number of aromatic carboxylic acids is 1. The van der Waals surface area contributed by atoms with Gasteiger partial charge in [-0.25, -0.2) is 62.3 Å². The molecule has 42 heteroatoms. The van der Waals surface area contributed by atoms with E-state index < -0.39 is 29.8 Å². The van der Waals surface area contributed by atoms with Crippen LogP contribution in [-0.4, -0.2) is 170 Å². The van der Waals surface area contributed by atoms with Gasteiger partial charge < -0.3 is 33.1 Å². The van der Waals surface area contributed by atoms with Crippen LogP contribution in [0.2, 0.25) is 25.1 Å². The number of aryl methyl sites for hydroxylation is 5. The molecule has 0 aliphatic heterocycles. The molecule has 0 atom stereocenters. The second-order valence-electron chi connectivity index (χ2n) is 31.0. The van der Waals surface area contributed by atoms with E-state index in [4.69, 9.17) is 86.0 Å². The molecule has 1 N–H and O–H groups in total. The Morgan fingerprint density at radius 1 is 0.326 bits per heavy atom. The van der Waals surface area contributed by atoms with Gasteiger partial charge in [0.05, 0.1) is 67.3 Å². The summed E-state index contributed by atoms with van der Waals surface area (Å²) in [6, 6.07) is 83.3. The second kappa shape index (κ2) is 47.1. The zero-order chi connectivity index (χ0) is 101. The van der Waals surface area contributed by atoms with Gasteiger partial charge in [-0.1, -0.05) is 248 Å². The zero-order valence-electron chi connectivity index (χ0n) is 77.4. The van der Waals surface area contributed by atoms with E-state index in [1.54, 1.807) is 99.8 Å². The lowest BCUT2D eigenvalue weighted by Crippen LogP contribution is -2.07. The number of para-hydroxylation sites is 5. The average Bonchev–Trinajstić information content (AvgIpc) is 1.65. The maximum Gasteiger partial charge on any atom is 0.359 e. The van der Waals surface area contributed by atoms with Crippen molar-refractivity contribution in [2.45, 2.75) is 41.5 Å². The summed E-state index contributed by atoms with van der Waals surface area (Å²) in [4.78, 5) is 83.4. The molecule has 0 spiro atoms. The summed E-state index contributed by atoms with van der Waals surface area (Å²) < 4.78 is 52.3. The largest absolute Gasteiger partial charge is 0.476 e. The molecule has 0 aliphatic carbocycles. The van der Waals surface area contributed by atoms with Gasteiger partial charge in [0.25, 0.3) is 11.8 Å². The number of carbonyl (C=O) groups is 5. The highest BCUT2D eigenvalue weighted by molar-refractivity contribution is 7.98. The van der Waals surface area contributed by atoms with Crippen molar-refractivity contribution >= 4 is 146 Å². The Kier molecular flexibility index (Phi) is 33.2. The molecule has 724 valence electrons. The molecule has 0 aliphatic rings. The maximum atomic E-state index is 12.4. The van der Waals surface area contributed by atoms with Gasteiger partial charge in [-0.3, -0.25) is 0 Å². The Bertz CT molecular complexity index is 7880. The molecule has 0 bridgehead atoms. The SMILES string of the molecule is CCOC(=O)c1cc(-c2nsc(-c3cccc(C)c3)n2)n(-c2ccccc2Cl)n1.COC(=O)c1cc(-c2nsc(-c3cccc(C)c3)n2)n(-c2ccccc2Cl)n1.CSCOC(=O)c1cc(-c2nc(-c3cccc(C)c3)no2)n(-c2ccccc2Cl)n1.CSCOC(=O)c1cc(-c2nsc(-c3cccc(C)c3)n2)n(-c2ccccc2Cl)n1.Cc1cccc(-c2noc(-c3cc(C(=O)O)nn3-c3ccccc3Cl)n2)c1. The number of rotatable bonds is 25. The number of benzene rings is 10. The van der Waals surface area contributed by atoms with Crippen LogP contribution in [0.1, 0.15) is 87.2 Å². The van der Waals surface area contributed by atoms with E-state index in [0.29, 0.717) is 111 Å². The number of carbonyl (C=O) groups excluding carboxylic acids is 4. The lowest BCUT2D eigenvalue weighted by atomic mass is 10.1. The summed E-state index contributed by atoms with van der Waals surface area (Å²) in [7, 11) is 1.31. The molecule has 0 saturated heterocycles. The smallest absolute Gasteiger partial charge is 0.359 e. The molecule has 32 nitrogen and oxygen atoms in total. The first kappa shape index (κ1) is 102. The zero-order valence-corrected chi connectivity index (χ0v) is 85.3. The third-order valence-electron chi connectivity index (χ3n) is 20.7. The van der Waals surface area contributed by atoms with E-state index in [1.165, 1.54) is 80.7 Å². The van der Waals surface area contributed by atoms with Crippen molar-refractivity contribution in [3.05, 3.63) is 354 Å². The van der Waals surface area contributed by atoms with Crippen molar-refractivity contribution in [1.82, 2.24) is 97.3 Å². The van der Waals surface area contributed by atoms with Gasteiger partial charge in [0.2, 0.25) is 11.6 Å². The Morgan fingerprint density at radius 3 is 0.875 bits per heavy atom. The minimum absolute atomic E-state index is 0.120. The Labute approximate surface area is 868 Å². The summed E-state index contributed by atoms with van der Waals surface area (Å²) in [6.45, 7) is 12.1. The molecular formula is C102H79Cl5N20O12S5. The third kappa shape index (κ3) is 24.2. The van der Waals surface area contributed by atoms with Crippen molar-refractivity contribution in [3.63, 3.8) is 0 Å². The highest BCUT2D eigenvalue weighted by Crippen LogP contribution is 2.38. The van der Waals surface area contributed by atoms with Gasteiger partial charge in [-0.2, -0.15) is 48.6 Å². The summed E-state index contributed by atoms with van der Waals surface area (Å²) in [5.41, 5.74) is 16.1. The van der Waals surface area contributed by atoms with Gasteiger partial charge in [0.15, 0.2) is 45.9 Å². The lowest BCUT2D eigenvalue weighted by molar-refractivity contribution is 0.0515. The second-order valence-corrected chi connectivity index (χ2v) is 37.0. The minimum Gasteiger partial charge on any atom is -0.476 e. The van der Waals surface area contributed by atoms with Crippen molar-refractivity contribution in [2.24, 2.45) is 0 Å². The molecule has 10 aromatic carbocycles. The number of hydrogen-bond donors (Lipinski definition) is 1. The Hall–Kier alpha value is -15.3. The molecule has 0 radical (unpaired) electrons. The number of ether oxygens (including phenoxy) is 4. The molecule has 144 heavy (non-hydrogen) atoms. The quantitative estimate of drug-likeness (QED) is 0.0315. The number of carboxylic acid groups (broad SMARTS) is 1. The van der Waals surface area contributed by atoms with Crippen molar-refractivity contribution < 1.29 is 57.1 Å². The first-order valence-electron chi connectivity index (χ1n) is 43.4. The molecule has 0 unspecified atom stereocenters.